The Labute approximate surface area is 113 Å². The second-order valence-corrected chi connectivity index (χ2v) is 5.05. The third-order valence-corrected chi connectivity index (χ3v) is 3.56. The Morgan fingerprint density at radius 2 is 1.79 bits per heavy atom. The van der Waals surface area contributed by atoms with E-state index in [2.05, 4.69) is 32.0 Å². The van der Waals surface area contributed by atoms with Crippen LogP contribution in [0.4, 0.5) is 0 Å². The number of Topliss-reactive ketones (excluding diaryl/α,β-unsaturated/α-hetero) is 1. The molecule has 2 aromatic rings. The fraction of sp³-hybridized carbons (Fsp3) is 0.235. The Hall–Kier alpha value is -2.09. The Bertz CT molecular complexity index is 656. The maximum atomic E-state index is 11.8. The van der Waals surface area contributed by atoms with Crippen LogP contribution in [0.1, 0.15) is 27.9 Å². The Morgan fingerprint density at radius 1 is 1.00 bits per heavy atom. The minimum absolute atomic E-state index is 0.174. The van der Waals surface area contributed by atoms with Crippen LogP contribution in [0, 0.1) is 13.8 Å². The van der Waals surface area contributed by atoms with Gasteiger partial charge in [0.25, 0.3) is 0 Å². The minimum Gasteiger partial charge on any atom is -0.492 e. The Kier molecular flexibility index (Phi) is 2.86. The van der Waals surface area contributed by atoms with Crippen molar-refractivity contribution in [2.75, 3.05) is 6.61 Å². The molecule has 0 aliphatic carbocycles. The lowest BCUT2D eigenvalue weighted by molar-refractivity contribution is 0.0933. The van der Waals surface area contributed by atoms with Crippen molar-refractivity contribution >= 4 is 5.78 Å². The first-order chi connectivity index (χ1) is 9.15. The molecule has 1 aliphatic rings. The quantitative estimate of drug-likeness (QED) is 0.768. The predicted molar refractivity (Wildman–Crippen MR) is 75.8 cm³/mol. The standard InChI is InChI=1S/C17H16O2/c1-11-3-5-14(12(2)9-11)13-4-6-15-16(18)7-8-19-17(15)10-13/h3-6,9-10H,7-8H2,1-2H3. The van der Waals surface area contributed by atoms with E-state index in [9.17, 15) is 4.79 Å². The molecule has 2 aromatic carbocycles. The van der Waals surface area contributed by atoms with E-state index in [1.807, 2.05) is 18.2 Å². The first-order valence-corrected chi connectivity index (χ1v) is 6.53. The van der Waals surface area contributed by atoms with Crippen LogP contribution < -0.4 is 4.74 Å². The molecule has 96 valence electrons. The molecule has 0 radical (unpaired) electrons. The number of hydrogen-bond acceptors (Lipinski definition) is 2. The van der Waals surface area contributed by atoms with E-state index in [4.69, 9.17) is 4.74 Å². The fourth-order valence-corrected chi connectivity index (χ4v) is 2.57. The third kappa shape index (κ3) is 2.14. The highest BCUT2D eigenvalue weighted by Gasteiger charge is 2.18. The van der Waals surface area contributed by atoms with E-state index in [-0.39, 0.29) is 5.78 Å². The van der Waals surface area contributed by atoms with Crippen LogP contribution in [0.2, 0.25) is 0 Å². The molecule has 0 atom stereocenters. The van der Waals surface area contributed by atoms with Crippen molar-refractivity contribution in [3.63, 3.8) is 0 Å². The number of benzene rings is 2. The molecule has 19 heavy (non-hydrogen) atoms. The molecule has 0 unspecified atom stereocenters. The van der Waals surface area contributed by atoms with Crippen molar-refractivity contribution in [3.05, 3.63) is 53.1 Å². The van der Waals surface area contributed by atoms with Gasteiger partial charge >= 0.3 is 0 Å². The summed E-state index contributed by atoms with van der Waals surface area (Å²) < 4.78 is 5.60. The molecule has 0 saturated heterocycles. The number of aryl methyl sites for hydroxylation is 2. The van der Waals surface area contributed by atoms with Crippen LogP contribution in [-0.4, -0.2) is 12.4 Å². The highest BCUT2D eigenvalue weighted by molar-refractivity contribution is 6.00. The molecule has 2 heteroatoms. The summed E-state index contributed by atoms with van der Waals surface area (Å²) >= 11 is 0. The van der Waals surface area contributed by atoms with Gasteiger partial charge in [-0.25, -0.2) is 0 Å². The van der Waals surface area contributed by atoms with Crippen molar-refractivity contribution in [1.82, 2.24) is 0 Å². The van der Waals surface area contributed by atoms with Gasteiger partial charge in [-0.1, -0.05) is 29.8 Å². The van der Waals surface area contributed by atoms with E-state index in [1.165, 1.54) is 16.7 Å². The first-order valence-electron chi connectivity index (χ1n) is 6.53. The van der Waals surface area contributed by atoms with Crippen LogP contribution in [0.5, 0.6) is 5.75 Å². The Balaban J connectivity index is 2.09. The van der Waals surface area contributed by atoms with Crippen LogP contribution in [0.3, 0.4) is 0 Å². The van der Waals surface area contributed by atoms with Gasteiger partial charge < -0.3 is 4.74 Å². The number of ether oxygens (including phenoxy) is 1. The minimum atomic E-state index is 0.174. The van der Waals surface area contributed by atoms with Gasteiger partial charge in [0.1, 0.15) is 5.75 Å². The molecule has 0 spiro atoms. The van der Waals surface area contributed by atoms with Crippen molar-refractivity contribution < 1.29 is 9.53 Å². The molecule has 2 nitrogen and oxygen atoms in total. The Morgan fingerprint density at radius 3 is 2.58 bits per heavy atom. The molecule has 0 bridgehead atoms. The summed E-state index contributed by atoms with van der Waals surface area (Å²) in [6.07, 6.45) is 0.482. The average Bonchev–Trinajstić information content (AvgIpc) is 2.38. The zero-order chi connectivity index (χ0) is 13.4. The summed E-state index contributed by atoms with van der Waals surface area (Å²) in [5.41, 5.74) is 5.49. The van der Waals surface area contributed by atoms with Gasteiger partial charge in [-0.2, -0.15) is 0 Å². The first kappa shape index (κ1) is 12.0. The largest absolute Gasteiger partial charge is 0.492 e. The van der Waals surface area contributed by atoms with E-state index in [1.54, 1.807) is 0 Å². The summed E-state index contributed by atoms with van der Waals surface area (Å²) in [7, 11) is 0. The van der Waals surface area contributed by atoms with Crippen LogP contribution >= 0.6 is 0 Å². The van der Waals surface area contributed by atoms with E-state index >= 15 is 0 Å². The summed E-state index contributed by atoms with van der Waals surface area (Å²) in [5.74, 6) is 0.891. The van der Waals surface area contributed by atoms with Gasteiger partial charge in [-0.05, 0) is 42.7 Å². The lowest BCUT2D eigenvalue weighted by Gasteiger charge is -2.17. The monoisotopic (exact) mass is 252 g/mol. The lowest BCUT2D eigenvalue weighted by Crippen LogP contribution is -2.15. The van der Waals surface area contributed by atoms with E-state index in [0.29, 0.717) is 24.3 Å². The summed E-state index contributed by atoms with van der Waals surface area (Å²) in [4.78, 5) is 11.8. The van der Waals surface area contributed by atoms with E-state index in [0.717, 1.165) is 5.56 Å². The number of rotatable bonds is 1. The van der Waals surface area contributed by atoms with Gasteiger partial charge in [0.15, 0.2) is 5.78 Å². The van der Waals surface area contributed by atoms with Gasteiger partial charge in [-0.15, -0.1) is 0 Å². The number of carbonyl (C=O) groups excluding carboxylic acids is 1. The van der Waals surface area contributed by atoms with Gasteiger partial charge in [-0.3, -0.25) is 4.79 Å². The van der Waals surface area contributed by atoms with E-state index < -0.39 is 0 Å². The highest BCUT2D eigenvalue weighted by Crippen LogP contribution is 2.32. The van der Waals surface area contributed by atoms with Crippen molar-refractivity contribution in [2.45, 2.75) is 20.3 Å². The van der Waals surface area contributed by atoms with Crippen molar-refractivity contribution in [2.24, 2.45) is 0 Å². The third-order valence-electron chi connectivity index (χ3n) is 3.56. The summed E-state index contributed by atoms with van der Waals surface area (Å²) in [5, 5.41) is 0. The smallest absolute Gasteiger partial charge is 0.169 e. The predicted octanol–water partition coefficient (Wildman–Crippen LogP) is 3.94. The topological polar surface area (TPSA) is 26.3 Å². The number of carbonyl (C=O) groups is 1. The molecular weight excluding hydrogens is 236 g/mol. The fourth-order valence-electron chi connectivity index (χ4n) is 2.57. The molecule has 1 heterocycles. The number of ketones is 1. The normalized spacial score (nSPS) is 13.9. The van der Waals surface area contributed by atoms with Crippen LogP contribution in [-0.2, 0) is 0 Å². The highest BCUT2D eigenvalue weighted by atomic mass is 16.5. The molecule has 1 aliphatic heterocycles. The zero-order valence-corrected chi connectivity index (χ0v) is 11.2. The second kappa shape index (κ2) is 4.54. The van der Waals surface area contributed by atoms with Crippen LogP contribution in [0.15, 0.2) is 36.4 Å². The van der Waals surface area contributed by atoms with Crippen LogP contribution in [0.25, 0.3) is 11.1 Å². The van der Waals surface area contributed by atoms with Gasteiger partial charge in [0.2, 0.25) is 0 Å². The molecular formula is C17H16O2. The lowest BCUT2D eigenvalue weighted by atomic mass is 9.95. The molecule has 0 aromatic heterocycles. The summed E-state index contributed by atoms with van der Waals surface area (Å²) in [6.45, 7) is 4.68. The second-order valence-electron chi connectivity index (χ2n) is 5.05. The maximum absolute atomic E-state index is 11.8. The molecule has 0 N–H and O–H groups in total. The maximum Gasteiger partial charge on any atom is 0.169 e. The van der Waals surface area contributed by atoms with Crippen molar-refractivity contribution in [3.8, 4) is 16.9 Å². The molecule has 0 amide bonds. The van der Waals surface area contributed by atoms with Crippen molar-refractivity contribution in [1.29, 1.82) is 0 Å². The molecule has 0 saturated carbocycles. The summed E-state index contributed by atoms with van der Waals surface area (Å²) in [6, 6.07) is 12.3. The number of fused-ring (bicyclic) bond motifs is 1. The molecule has 0 fully saturated rings. The zero-order valence-electron chi connectivity index (χ0n) is 11.2. The SMILES string of the molecule is Cc1ccc(-c2ccc3c(c2)OCCC3=O)c(C)c1. The molecule has 3 rings (SSSR count). The average molecular weight is 252 g/mol. The number of hydrogen-bond donors (Lipinski definition) is 0. The van der Waals surface area contributed by atoms with Gasteiger partial charge in [0.05, 0.1) is 12.2 Å². The van der Waals surface area contributed by atoms with Gasteiger partial charge in [0, 0.05) is 6.42 Å².